The molecule has 0 amide bonds. The van der Waals surface area contributed by atoms with Gasteiger partial charge in [-0.2, -0.15) is 0 Å². The molecule has 0 radical (unpaired) electrons. The molecule has 1 saturated carbocycles. The predicted molar refractivity (Wildman–Crippen MR) is 48.4 cm³/mol. The first-order chi connectivity index (χ1) is 6.04. The Morgan fingerprint density at radius 3 is 2.62 bits per heavy atom. The zero-order valence-electron chi connectivity index (χ0n) is 8.17. The second kappa shape index (κ2) is 3.48. The van der Waals surface area contributed by atoms with Crippen LogP contribution in [0.2, 0.25) is 0 Å². The quantitative estimate of drug-likeness (QED) is 0.728. The molecule has 2 unspecified atom stereocenters. The molecule has 1 aliphatic carbocycles. The lowest BCUT2D eigenvalue weighted by Gasteiger charge is -2.29. The van der Waals surface area contributed by atoms with Crippen molar-refractivity contribution in [2.45, 2.75) is 39.5 Å². The molecule has 0 aliphatic heterocycles. The average molecular weight is 184 g/mol. The minimum atomic E-state index is -0.850. The molecule has 1 rings (SSSR count). The number of carbonyl (C=O) groups excluding carboxylic acids is 1. The van der Waals surface area contributed by atoms with Crippen molar-refractivity contribution in [1.82, 2.24) is 0 Å². The highest BCUT2D eigenvalue weighted by Crippen LogP contribution is 2.44. The van der Waals surface area contributed by atoms with E-state index < -0.39 is 17.3 Å². The first-order valence-corrected chi connectivity index (χ1v) is 4.80. The van der Waals surface area contributed by atoms with Crippen molar-refractivity contribution >= 4 is 11.8 Å². The molecule has 0 aromatic rings. The average Bonchev–Trinajstić information content (AvgIpc) is 2.46. The Morgan fingerprint density at radius 2 is 2.31 bits per heavy atom. The maximum Gasteiger partial charge on any atom is 0.307 e. The number of ketones is 1. The Hall–Kier alpha value is -0.860. The van der Waals surface area contributed by atoms with Crippen molar-refractivity contribution in [3.63, 3.8) is 0 Å². The lowest BCUT2D eigenvalue weighted by atomic mass is 9.72. The smallest absolute Gasteiger partial charge is 0.307 e. The number of rotatable bonds is 3. The van der Waals surface area contributed by atoms with Crippen molar-refractivity contribution in [2.24, 2.45) is 11.3 Å². The fourth-order valence-corrected chi connectivity index (χ4v) is 2.33. The summed E-state index contributed by atoms with van der Waals surface area (Å²) in [4.78, 5) is 22.5. The lowest BCUT2D eigenvalue weighted by Crippen LogP contribution is -2.37. The molecule has 1 N–H and O–H groups in total. The number of Topliss-reactive ketones (excluding diaryl/α,β-unsaturated/α-hetero) is 1. The van der Waals surface area contributed by atoms with Crippen LogP contribution in [0.4, 0.5) is 0 Å². The van der Waals surface area contributed by atoms with Gasteiger partial charge < -0.3 is 5.11 Å². The highest BCUT2D eigenvalue weighted by Gasteiger charge is 2.47. The van der Waals surface area contributed by atoms with Gasteiger partial charge in [0.05, 0.1) is 5.92 Å². The normalized spacial score (nSPS) is 30.5. The Bertz CT molecular complexity index is 234. The molecule has 0 bridgehead atoms. The molecule has 0 heterocycles. The largest absolute Gasteiger partial charge is 0.481 e. The van der Waals surface area contributed by atoms with E-state index in [0.29, 0.717) is 12.8 Å². The minimum absolute atomic E-state index is 0.143. The van der Waals surface area contributed by atoms with Crippen LogP contribution in [-0.4, -0.2) is 16.9 Å². The molecular formula is C10H16O3. The van der Waals surface area contributed by atoms with Crippen LogP contribution >= 0.6 is 0 Å². The molecule has 0 aromatic carbocycles. The van der Waals surface area contributed by atoms with Gasteiger partial charge in [-0.3, -0.25) is 9.59 Å². The van der Waals surface area contributed by atoms with Crippen molar-refractivity contribution in [3.05, 3.63) is 0 Å². The van der Waals surface area contributed by atoms with Crippen LogP contribution in [0.15, 0.2) is 0 Å². The molecule has 0 saturated heterocycles. The van der Waals surface area contributed by atoms with E-state index in [1.807, 2.05) is 6.92 Å². The Kier molecular flexibility index (Phi) is 2.74. The van der Waals surface area contributed by atoms with E-state index in [4.69, 9.17) is 5.11 Å². The van der Waals surface area contributed by atoms with Gasteiger partial charge in [-0.05, 0) is 19.3 Å². The zero-order chi connectivity index (χ0) is 10.1. The van der Waals surface area contributed by atoms with Crippen LogP contribution in [-0.2, 0) is 9.59 Å². The van der Waals surface area contributed by atoms with Gasteiger partial charge in [0.15, 0.2) is 0 Å². The number of carboxylic acid groups (broad SMARTS) is 1. The summed E-state index contributed by atoms with van der Waals surface area (Å²) in [6.07, 6.45) is 2.81. The van der Waals surface area contributed by atoms with Crippen molar-refractivity contribution in [2.75, 3.05) is 0 Å². The summed E-state index contributed by atoms with van der Waals surface area (Å²) in [6.45, 7) is 3.55. The summed E-state index contributed by atoms with van der Waals surface area (Å²) in [7, 11) is 0. The molecule has 3 heteroatoms. The Morgan fingerprint density at radius 1 is 1.69 bits per heavy atom. The van der Waals surface area contributed by atoms with Crippen LogP contribution in [0.1, 0.15) is 39.5 Å². The fourth-order valence-electron chi connectivity index (χ4n) is 2.33. The van der Waals surface area contributed by atoms with Crippen molar-refractivity contribution < 1.29 is 14.7 Å². The zero-order valence-corrected chi connectivity index (χ0v) is 8.17. The summed E-state index contributed by atoms with van der Waals surface area (Å²) >= 11 is 0. The molecular weight excluding hydrogens is 168 g/mol. The van der Waals surface area contributed by atoms with E-state index >= 15 is 0 Å². The standard InChI is InChI=1S/C10H16O3/c1-3-10(7(2)9(12)13)6-4-5-8(10)11/h7H,3-6H2,1-2H3,(H,12,13). The Labute approximate surface area is 78.1 Å². The topological polar surface area (TPSA) is 54.4 Å². The minimum Gasteiger partial charge on any atom is -0.481 e. The third kappa shape index (κ3) is 1.47. The molecule has 13 heavy (non-hydrogen) atoms. The lowest BCUT2D eigenvalue weighted by molar-refractivity contribution is -0.150. The number of carboxylic acids is 1. The first kappa shape index (κ1) is 10.2. The van der Waals surface area contributed by atoms with Gasteiger partial charge in [-0.15, -0.1) is 0 Å². The molecule has 0 spiro atoms. The van der Waals surface area contributed by atoms with E-state index in [0.717, 1.165) is 12.8 Å². The van der Waals surface area contributed by atoms with E-state index in [2.05, 4.69) is 0 Å². The molecule has 3 nitrogen and oxygen atoms in total. The SMILES string of the molecule is CCC1(C(C)C(=O)O)CCCC1=O. The van der Waals surface area contributed by atoms with Crippen LogP contribution in [0.3, 0.4) is 0 Å². The van der Waals surface area contributed by atoms with Gasteiger partial charge in [0.2, 0.25) is 0 Å². The number of hydrogen-bond acceptors (Lipinski definition) is 2. The van der Waals surface area contributed by atoms with Crippen LogP contribution < -0.4 is 0 Å². The third-order valence-corrected chi connectivity index (χ3v) is 3.41. The molecule has 1 fully saturated rings. The van der Waals surface area contributed by atoms with Crippen LogP contribution in [0, 0.1) is 11.3 Å². The number of aliphatic carboxylic acids is 1. The summed E-state index contributed by atoms with van der Waals surface area (Å²) in [5.41, 5.74) is -0.564. The number of hydrogen-bond donors (Lipinski definition) is 1. The van der Waals surface area contributed by atoms with Gasteiger partial charge in [-0.25, -0.2) is 0 Å². The van der Waals surface area contributed by atoms with Gasteiger partial charge in [-0.1, -0.05) is 13.8 Å². The van der Waals surface area contributed by atoms with Gasteiger partial charge in [0, 0.05) is 11.8 Å². The Balaban J connectivity index is 2.92. The predicted octanol–water partition coefficient (Wildman–Crippen LogP) is 1.86. The number of carbonyl (C=O) groups is 2. The van der Waals surface area contributed by atoms with E-state index in [1.165, 1.54) is 0 Å². The third-order valence-electron chi connectivity index (χ3n) is 3.41. The van der Waals surface area contributed by atoms with Crippen molar-refractivity contribution in [1.29, 1.82) is 0 Å². The van der Waals surface area contributed by atoms with Gasteiger partial charge >= 0.3 is 5.97 Å². The molecule has 0 aromatic heterocycles. The highest BCUT2D eigenvalue weighted by molar-refractivity contribution is 5.91. The van der Waals surface area contributed by atoms with E-state index in [9.17, 15) is 9.59 Å². The monoisotopic (exact) mass is 184 g/mol. The van der Waals surface area contributed by atoms with Crippen LogP contribution in [0.25, 0.3) is 0 Å². The fraction of sp³-hybridized carbons (Fsp3) is 0.800. The molecule has 1 aliphatic rings. The molecule has 2 atom stereocenters. The summed E-state index contributed by atoms with van der Waals surface area (Å²) in [5.74, 6) is -1.24. The second-order valence-corrected chi connectivity index (χ2v) is 3.85. The first-order valence-electron chi connectivity index (χ1n) is 4.80. The summed E-state index contributed by atoms with van der Waals surface area (Å²) < 4.78 is 0. The maximum absolute atomic E-state index is 11.6. The van der Waals surface area contributed by atoms with E-state index in [1.54, 1.807) is 6.92 Å². The maximum atomic E-state index is 11.6. The summed E-state index contributed by atoms with van der Waals surface area (Å²) in [6, 6.07) is 0. The molecule has 74 valence electrons. The van der Waals surface area contributed by atoms with Crippen LogP contribution in [0.5, 0.6) is 0 Å². The second-order valence-electron chi connectivity index (χ2n) is 3.85. The van der Waals surface area contributed by atoms with Crippen molar-refractivity contribution in [3.8, 4) is 0 Å². The summed E-state index contributed by atoms with van der Waals surface area (Å²) in [5, 5.41) is 8.90. The van der Waals surface area contributed by atoms with Gasteiger partial charge in [0.1, 0.15) is 5.78 Å². The highest BCUT2D eigenvalue weighted by atomic mass is 16.4. The van der Waals surface area contributed by atoms with Gasteiger partial charge in [0.25, 0.3) is 0 Å². The van der Waals surface area contributed by atoms with E-state index in [-0.39, 0.29) is 5.78 Å².